The van der Waals surface area contributed by atoms with Gasteiger partial charge in [0, 0.05) is 25.5 Å². The van der Waals surface area contributed by atoms with Crippen molar-refractivity contribution in [2.24, 2.45) is 0 Å². The summed E-state index contributed by atoms with van der Waals surface area (Å²) in [4.78, 5) is 38.8. The maximum Gasteiger partial charge on any atom is 0.325 e. The Labute approximate surface area is 184 Å². The van der Waals surface area contributed by atoms with Crippen LogP contribution in [0.2, 0.25) is 0 Å². The van der Waals surface area contributed by atoms with E-state index in [-0.39, 0.29) is 12.8 Å². The minimum atomic E-state index is -2.83. The molecule has 0 aromatic heterocycles. The lowest BCUT2D eigenvalue weighted by Crippen LogP contribution is -2.51. The van der Waals surface area contributed by atoms with Crippen LogP contribution in [0.25, 0.3) is 11.1 Å². The third kappa shape index (κ3) is 4.14. The number of urea groups is 1. The van der Waals surface area contributed by atoms with Gasteiger partial charge in [-0.2, -0.15) is 0 Å². The second-order valence-electron chi connectivity index (χ2n) is 8.35. The lowest BCUT2D eigenvalue weighted by atomic mass is 9.80. The number of methoxy groups -OCH3 is 1. The number of hydrogen-bond acceptors (Lipinski definition) is 4. The van der Waals surface area contributed by atoms with Gasteiger partial charge >= 0.3 is 6.03 Å². The summed E-state index contributed by atoms with van der Waals surface area (Å²) in [6.45, 7) is 0.0269. The largest absolute Gasteiger partial charge is 0.380 e. The number of carbonyl (C=O) groups excluding carboxylic acids is 3. The Kier molecular flexibility index (Phi) is 5.81. The Morgan fingerprint density at radius 2 is 1.69 bits per heavy atom. The van der Waals surface area contributed by atoms with Gasteiger partial charge in [-0.3, -0.25) is 14.5 Å². The van der Waals surface area contributed by atoms with E-state index >= 15 is 0 Å². The number of ketones is 1. The fourth-order valence-electron chi connectivity index (χ4n) is 4.36. The molecule has 1 aliphatic heterocycles. The highest BCUT2D eigenvalue weighted by atomic mass is 19.3. The maximum absolute atomic E-state index is 13.5. The Hall–Kier alpha value is -3.13. The minimum absolute atomic E-state index is 0.134. The van der Waals surface area contributed by atoms with E-state index in [0.717, 1.165) is 21.6 Å². The van der Waals surface area contributed by atoms with E-state index in [0.29, 0.717) is 12.2 Å². The summed E-state index contributed by atoms with van der Waals surface area (Å²) >= 11 is 0. The molecule has 0 bridgehead atoms. The summed E-state index contributed by atoms with van der Waals surface area (Å²) in [6.07, 6.45) is -1.20. The molecule has 0 unspecified atom stereocenters. The van der Waals surface area contributed by atoms with Crippen LogP contribution in [0.3, 0.4) is 0 Å². The van der Waals surface area contributed by atoms with E-state index in [9.17, 15) is 23.2 Å². The van der Waals surface area contributed by atoms with Crippen molar-refractivity contribution in [1.82, 2.24) is 10.2 Å². The van der Waals surface area contributed by atoms with Gasteiger partial charge in [0.15, 0.2) is 5.78 Å². The average molecular weight is 442 g/mol. The zero-order valence-electron chi connectivity index (χ0n) is 17.7. The van der Waals surface area contributed by atoms with Gasteiger partial charge in [-0.15, -0.1) is 0 Å². The monoisotopic (exact) mass is 442 g/mol. The van der Waals surface area contributed by atoms with Crippen LogP contribution in [0.5, 0.6) is 0 Å². The van der Waals surface area contributed by atoms with Crippen LogP contribution in [0.1, 0.15) is 41.6 Å². The van der Waals surface area contributed by atoms with Crippen molar-refractivity contribution in [3.63, 3.8) is 0 Å². The summed E-state index contributed by atoms with van der Waals surface area (Å²) in [5.41, 5.74) is 1.93. The number of imide groups is 1. The van der Waals surface area contributed by atoms with Gasteiger partial charge in [0.05, 0.1) is 13.2 Å². The smallest absolute Gasteiger partial charge is 0.325 e. The molecule has 8 heteroatoms. The van der Waals surface area contributed by atoms with Gasteiger partial charge in [0.1, 0.15) is 5.54 Å². The zero-order chi connectivity index (χ0) is 22.9. The molecule has 1 saturated carbocycles. The van der Waals surface area contributed by atoms with E-state index in [2.05, 4.69) is 5.32 Å². The second kappa shape index (κ2) is 8.43. The number of halogens is 2. The van der Waals surface area contributed by atoms with E-state index in [1.54, 1.807) is 31.4 Å². The topological polar surface area (TPSA) is 75.7 Å². The number of amides is 3. The number of ether oxygens (including phenoxy) is 1. The van der Waals surface area contributed by atoms with Crippen LogP contribution in [0.15, 0.2) is 48.5 Å². The molecule has 4 rings (SSSR count). The Balaban J connectivity index is 1.47. The summed E-state index contributed by atoms with van der Waals surface area (Å²) in [5, 5.41) is 2.55. The van der Waals surface area contributed by atoms with Crippen LogP contribution >= 0.6 is 0 Å². The van der Waals surface area contributed by atoms with Gasteiger partial charge in [-0.05, 0) is 29.5 Å². The molecule has 1 saturated heterocycles. The average Bonchev–Trinajstić information content (AvgIpc) is 3.01. The number of alkyl halides is 2. The molecule has 168 valence electrons. The maximum atomic E-state index is 13.5. The minimum Gasteiger partial charge on any atom is -0.380 e. The molecule has 1 aliphatic carbocycles. The summed E-state index contributed by atoms with van der Waals surface area (Å²) in [5.74, 6) is -3.83. The van der Waals surface area contributed by atoms with Crippen molar-refractivity contribution in [2.45, 2.75) is 43.8 Å². The van der Waals surface area contributed by atoms with Crippen LogP contribution in [0.4, 0.5) is 13.6 Å². The zero-order valence-corrected chi connectivity index (χ0v) is 17.7. The number of carbonyl (C=O) groups is 3. The fourth-order valence-corrected chi connectivity index (χ4v) is 4.36. The van der Waals surface area contributed by atoms with Crippen LogP contribution < -0.4 is 5.32 Å². The van der Waals surface area contributed by atoms with Crippen LogP contribution in [0, 0.1) is 0 Å². The van der Waals surface area contributed by atoms with Crippen molar-refractivity contribution < 1.29 is 27.9 Å². The predicted octanol–water partition coefficient (Wildman–Crippen LogP) is 4.18. The summed E-state index contributed by atoms with van der Waals surface area (Å²) in [6, 6.07) is 14.0. The first-order valence-electron chi connectivity index (χ1n) is 10.5. The summed E-state index contributed by atoms with van der Waals surface area (Å²) in [7, 11) is 1.62. The first-order chi connectivity index (χ1) is 15.2. The molecule has 1 N–H and O–H groups in total. The second-order valence-corrected chi connectivity index (χ2v) is 8.35. The van der Waals surface area contributed by atoms with Crippen molar-refractivity contribution >= 4 is 17.7 Å². The molecule has 1 spiro atoms. The number of rotatable bonds is 6. The highest BCUT2D eigenvalue weighted by Gasteiger charge is 2.55. The molecular weight excluding hydrogens is 418 g/mol. The molecule has 2 fully saturated rings. The Bertz CT molecular complexity index is 1040. The lowest BCUT2D eigenvalue weighted by Gasteiger charge is -2.34. The Morgan fingerprint density at radius 1 is 1.03 bits per heavy atom. The third-order valence-electron chi connectivity index (χ3n) is 6.22. The molecule has 3 amide bonds. The molecule has 0 atom stereocenters. The molecule has 0 radical (unpaired) electrons. The SMILES string of the molecule is COCc1ccccc1-c1ccc(C(=O)CN2C(=O)NC3(CCC(F)(F)CC3)C2=O)cc1. The summed E-state index contributed by atoms with van der Waals surface area (Å²) < 4.78 is 32.3. The highest BCUT2D eigenvalue weighted by Crippen LogP contribution is 2.41. The molecule has 2 aliphatic rings. The Morgan fingerprint density at radius 3 is 2.34 bits per heavy atom. The quantitative estimate of drug-likeness (QED) is 0.538. The van der Waals surface area contributed by atoms with E-state index in [1.165, 1.54) is 0 Å². The standard InChI is InChI=1S/C24H24F2N2O4/c1-32-15-18-4-2-3-5-19(18)16-6-8-17(9-7-16)20(29)14-28-21(30)23(27-22(28)31)10-12-24(25,26)13-11-23/h2-9H,10-15H2,1H3,(H,27,31). The molecule has 2 aromatic carbocycles. The molecule has 1 heterocycles. The van der Waals surface area contributed by atoms with Crippen LogP contribution in [-0.4, -0.2) is 47.7 Å². The number of nitrogens with zero attached hydrogens (tertiary/aromatic N) is 1. The molecule has 2 aromatic rings. The number of Topliss-reactive ketones (excluding diaryl/α,β-unsaturated/α-hetero) is 1. The normalized spacial score (nSPS) is 19.3. The van der Waals surface area contributed by atoms with Gasteiger partial charge in [0.25, 0.3) is 5.91 Å². The van der Waals surface area contributed by atoms with E-state index < -0.39 is 48.6 Å². The number of nitrogens with one attached hydrogen (secondary N) is 1. The third-order valence-corrected chi connectivity index (χ3v) is 6.22. The van der Waals surface area contributed by atoms with Gasteiger partial charge in [-0.1, -0.05) is 48.5 Å². The van der Waals surface area contributed by atoms with E-state index in [1.807, 2.05) is 24.3 Å². The van der Waals surface area contributed by atoms with Crippen molar-refractivity contribution in [3.05, 3.63) is 59.7 Å². The molecule has 32 heavy (non-hydrogen) atoms. The highest BCUT2D eigenvalue weighted by molar-refractivity contribution is 6.11. The number of benzene rings is 2. The van der Waals surface area contributed by atoms with Gasteiger partial charge < -0.3 is 10.1 Å². The predicted molar refractivity (Wildman–Crippen MR) is 113 cm³/mol. The molecular formula is C24H24F2N2O4. The number of hydrogen-bond donors (Lipinski definition) is 1. The fraction of sp³-hybridized carbons (Fsp3) is 0.375. The lowest BCUT2D eigenvalue weighted by molar-refractivity contribution is -0.135. The van der Waals surface area contributed by atoms with Gasteiger partial charge in [0.2, 0.25) is 5.92 Å². The van der Waals surface area contributed by atoms with Crippen molar-refractivity contribution in [3.8, 4) is 11.1 Å². The van der Waals surface area contributed by atoms with E-state index in [4.69, 9.17) is 4.74 Å². The van der Waals surface area contributed by atoms with Crippen molar-refractivity contribution in [1.29, 1.82) is 0 Å². The first-order valence-corrected chi connectivity index (χ1v) is 10.5. The van der Waals surface area contributed by atoms with Crippen molar-refractivity contribution in [2.75, 3.05) is 13.7 Å². The van der Waals surface area contributed by atoms with Crippen LogP contribution in [-0.2, 0) is 16.1 Å². The van der Waals surface area contributed by atoms with Gasteiger partial charge in [-0.25, -0.2) is 13.6 Å². The first kappa shape index (κ1) is 22.1. The molecule has 6 nitrogen and oxygen atoms in total.